The Labute approximate surface area is 85.4 Å². The molecule has 1 fully saturated rings. The maximum Gasteiger partial charge on any atom is 0.249 e. The summed E-state index contributed by atoms with van der Waals surface area (Å²) < 4.78 is 5.26. The summed E-state index contributed by atoms with van der Waals surface area (Å²) in [6, 6.07) is 0. The molecule has 4 nitrogen and oxygen atoms in total. The van der Waals surface area contributed by atoms with Crippen molar-refractivity contribution in [1.82, 2.24) is 10.6 Å². The van der Waals surface area contributed by atoms with Gasteiger partial charge in [-0.3, -0.25) is 4.79 Å². The summed E-state index contributed by atoms with van der Waals surface area (Å²) in [5.41, 5.74) is 0. The highest BCUT2D eigenvalue weighted by Crippen LogP contribution is 2.11. The second kappa shape index (κ2) is 6.79. The van der Waals surface area contributed by atoms with E-state index < -0.39 is 0 Å². The lowest BCUT2D eigenvalue weighted by Crippen LogP contribution is -2.38. The Hall–Kier alpha value is -0.610. The van der Waals surface area contributed by atoms with Crippen molar-refractivity contribution in [2.75, 3.05) is 26.2 Å². The van der Waals surface area contributed by atoms with Gasteiger partial charge in [0.05, 0.1) is 0 Å². The number of carbonyl (C=O) groups excluding carboxylic acids is 1. The highest BCUT2D eigenvalue weighted by Gasteiger charge is 2.22. The van der Waals surface area contributed by atoms with E-state index in [2.05, 4.69) is 17.6 Å². The van der Waals surface area contributed by atoms with Crippen molar-refractivity contribution in [3.63, 3.8) is 0 Å². The maximum atomic E-state index is 11.4. The van der Waals surface area contributed by atoms with Crippen molar-refractivity contribution in [2.24, 2.45) is 0 Å². The highest BCUT2D eigenvalue weighted by atomic mass is 16.5. The molecule has 1 aliphatic heterocycles. The van der Waals surface area contributed by atoms with Gasteiger partial charge >= 0.3 is 0 Å². The van der Waals surface area contributed by atoms with Crippen LogP contribution >= 0.6 is 0 Å². The first kappa shape index (κ1) is 11.5. The number of hydrogen-bond donors (Lipinski definition) is 2. The van der Waals surface area contributed by atoms with Gasteiger partial charge in [0.15, 0.2) is 0 Å². The Balaban J connectivity index is 1.97. The lowest BCUT2D eigenvalue weighted by atomic mass is 10.2. The first-order valence-electron chi connectivity index (χ1n) is 5.44. The van der Waals surface area contributed by atoms with Gasteiger partial charge in [0.25, 0.3) is 0 Å². The molecule has 0 radical (unpaired) electrons. The molecule has 82 valence electrons. The van der Waals surface area contributed by atoms with Crippen molar-refractivity contribution in [2.45, 2.75) is 32.3 Å². The minimum Gasteiger partial charge on any atom is -0.368 e. The van der Waals surface area contributed by atoms with E-state index in [9.17, 15) is 4.79 Å². The van der Waals surface area contributed by atoms with Crippen LogP contribution in [-0.4, -0.2) is 38.3 Å². The maximum absolute atomic E-state index is 11.4. The molecule has 0 saturated carbocycles. The molecule has 1 amide bonds. The molecule has 2 N–H and O–H groups in total. The minimum atomic E-state index is -0.193. The third-order valence-corrected chi connectivity index (χ3v) is 2.25. The van der Waals surface area contributed by atoms with Crippen molar-refractivity contribution < 1.29 is 9.53 Å². The fraction of sp³-hybridized carbons (Fsp3) is 0.900. The molecule has 1 aliphatic rings. The van der Waals surface area contributed by atoms with Gasteiger partial charge in [-0.1, -0.05) is 6.92 Å². The van der Waals surface area contributed by atoms with Gasteiger partial charge in [-0.25, -0.2) is 0 Å². The molecule has 14 heavy (non-hydrogen) atoms. The largest absolute Gasteiger partial charge is 0.368 e. The van der Waals surface area contributed by atoms with E-state index in [4.69, 9.17) is 4.74 Å². The van der Waals surface area contributed by atoms with Crippen LogP contribution in [0.1, 0.15) is 26.2 Å². The number of carbonyl (C=O) groups is 1. The van der Waals surface area contributed by atoms with E-state index in [-0.39, 0.29) is 12.0 Å². The Bertz CT molecular complexity index is 168. The summed E-state index contributed by atoms with van der Waals surface area (Å²) in [5.74, 6) is 0.0424. The molecule has 0 aliphatic carbocycles. The summed E-state index contributed by atoms with van der Waals surface area (Å²) >= 11 is 0. The standard InChI is InChI=1S/C10H20N2O2/c1-2-5-11-6-7-12-10(13)9-4-3-8-14-9/h9,11H,2-8H2,1H3,(H,12,13)/t9-/m0/s1. The smallest absolute Gasteiger partial charge is 0.249 e. The van der Waals surface area contributed by atoms with E-state index in [1.54, 1.807) is 0 Å². The third kappa shape index (κ3) is 4.07. The van der Waals surface area contributed by atoms with Crippen molar-refractivity contribution >= 4 is 5.91 Å². The van der Waals surface area contributed by atoms with E-state index >= 15 is 0 Å². The molecular weight excluding hydrogens is 180 g/mol. The van der Waals surface area contributed by atoms with Crippen LogP contribution in [0.5, 0.6) is 0 Å². The van der Waals surface area contributed by atoms with Gasteiger partial charge in [0.1, 0.15) is 6.10 Å². The molecule has 1 saturated heterocycles. The molecule has 4 heteroatoms. The van der Waals surface area contributed by atoms with Gasteiger partial charge in [-0.15, -0.1) is 0 Å². The molecule has 1 heterocycles. The van der Waals surface area contributed by atoms with Crippen LogP contribution in [-0.2, 0) is 9.53 Å². The predicted octanol–water partition coefficient (Wildman–Crippen LogP) is 0.281. The molecule has 1 atom stereocenters. The molecule has 0 unspecified atom stereocenters. The van der Waals surface area contributed by atoms with E-state index in [1.807, 2.05) is 0 Å². The number of nitrogens with one attached hydrogen (secondary N) is 2. The molecule has 0 spiro atoms. The summed E-state index contributed by atoms with van der Waals surface area (Å²) in [6.45, 7) is 5.39. The first-order chi connectivity index (χ1) is 6.84. The molecule has 1 rings (SSSR count). The van der Waals surface area contributed by atoms with Gasteiger partial charge in [0.2, 0.25) is 5.91 Å². The van der Waals surface area contributed by atoms with Gasteiger partial charge < -0.3 is 15.4 Å². The zero-order chi connectivity index (χ0) is 10.2. The second-order valence-electron chi connectivity index (χ2n) is 3.54. The lowest BCUT2D eigenvalue weighted by molar-refractivity contribution is -0.129. The van der Waals surface area contributed by atoms with Gasteiger partial charge in [0, 0.05) is 19.7 Å². The van der Waals surface area contributed by atoms with E-state index in [0.717, 1.165) is 39.0 Å². The number of hydrogen-bond acceptors (Lipinski definition) is 3. The average Bonchev–Trinajstić information content (AvgIpc) is 2.70. The lowest BCUT2D eigenvalue weighted by Gasteiger charge is -2.10. The topological polar surface area (TPSA) is 50.4 Å². The van der Waals surface area contributed by atoms with Crippen LogP contribution in [0.3, 0.4) is 0 Å². The Morgan fingerprint density at radius 1 is 1.43 bits per heavy atom. The van der Waals surface area contributed by atoms with Crippen molar-refractivity contribution in [3.05, 3.63) is 0 Å². The molecule has 0 aromatic rings. The fourth-order valence-corrected chi connectivity index (χ4v) is 1.47. The van der Waals surface area contributed by atoms with Gasteiger partial charge in [-0.2, -0.15) is 0 Å². The van der Waals surface area contributed by atoms with Crippen LogP contribution in [0.15, 0.2) is 0 Å². The normalized spacial score (nSPS) is 21.1. The summed E-state index contributed by atoms with van der Waals surface area (Å²) in [5, 5.41) is 6.08. The summed E-state index contributed by atoms with van der Waals surface area (Å²) in [4.78, 5) is 11.4. The van der Waals surface area contributed by atoms with Crippen molar-refractivity contribution in [3.8, 4) is 0 Å². The molecule has 0 aromatic carbocycles. The quantitative estimate of drug-likeness (QED) is 0.606. The number of amides is 1. The van der Waals surface area contributed by atoms with Crippen LogP contribution in [0.4, 0.5) is 0 Å². The van der Waals surface area contributed by atoms with Crippen LogP contribution in [0, 0.1) is 0 Å². The SMILES string of the molecule is CCCNCCNC(=O)[C@@H]1CCCO1. The predicted molar refractivity (Wildman–Crippen MR) is 55.1 cm³/mol. The van der Waals surface area contributed by atoms with E-state index in [0.29, 0.717) is 6.54 Å². The number of ether oxygens (including phenoxy) is 1. The Kier molecular flexibility index (Phi) is 5.56. The Morgan fingerprint density at radius 3 is 2.93 bits per heavy atom. The molecular formula is C10H20N2O2. The highest BCUT2D eigenvalue weighted by molar-refractivity contribution is 5.80. The van der Waals surface area contributed by atoms with Gasteiger partial charge in [-0.05, 0) is 25.8 Å². The zero-order valence-corrected chi connectivity index (χ0v) is 8.84. The monoisotopic (exact) mass is 200 g/mol. The van der Waals surface area contributed by atoms with Crippen LogP contribution < -0.4 is 10.6 Å². The first-order valence-corrected chi connectivity index (χ1v) is 5.44. The minimum absolute atomic E-state index is 0.0424. The average molecular weight is 200 g/mol. The summed E-state index contributed by atoms with van der Waals surface area (Å²) in [7, 11) is 0. The summed E-state index contributed by atoms with van der Waals surface area (Å²) in [6.07, 6.45) is 2.81. The third-order valence-electron chi connectivity index (χ3n) is 2.25. The second-order valence-corrected chi connectivity index (χ2v) is 3.54. The molecule has 0 bridgehead atoms. The molecule has 0 aromatic heterocycles. The van der Waals surface area contributed by atoms with Crippen molar-refractivity contribution in [1.29, 1.82) is 0 Å². The van der Waals surface area contributed by atoms with E-state index in [1.165, 1.54) is 0 Å². The van der Waals surface area contributed by atoms with Crippen LogP contribution in [0.25, 0.3) is 0 Å². The Morgan fingerprint density at radius 2 is 2.29 bits per heavy atom. The zero-order valence-electron chi connectivity index (χ0n) is 8.84. The number of rotatable bonds is 6. The van der Waals surface area contributed by atoms with Crippen LogP contribution in [0.2, 0.25) is 0 Å². The fourth-order valence-electron chi connectivity index (χ4n) is 1.47.